The fourth-order valence-corrected chi connectivity index (χ4v) is 12.3. The Morgan fingerprint density at radius 3 is 1.73 bits per heavy atom. The van der Waals surface area contributed by atoms with E-state index in [9.17, 15) is 0 Å². The number of aryl methyl sites for hydroxylation is 1. The van der Waals surface area contributed by atoms with Crippen LogP contribution < -0.4 is 9.42 Å². The first kappa shape index (κ1) is 28.4. The summed E-state index contributed by atoms with van der Waals surface area (Å²) in [5.74, 6) is 8.17. The Morgan fingerprint density at radius 1 is 0.800 bits per heavy atom. The van der Waals surface area contributed by atoms with Crippen LogP contribution in [0.3, 0.4) is 0 Å². The van der Waals surface area contributed by atoms with Gasteiger partial charge in [0.1, 0.15) is 17.5 Å². The number of benzene rings is 1. The molecule has 7 heteroatoms. The molecule has 8 saturated carbocycles. The molecule has 0 unspecified atom stereocenters. The van der Waals surface area contributed by atoms with Gasteiger partial charge in [0, 0.05) is 22.0 Å². The van der Waals surface area contributed by atoms with E-state index in [1.165, 1.54) is 77.0 Å². The highest BCUT2D eigenvalue weighted by Crippen LogP contribution is 2.62. The van der Waals surface area contributed by atoms with Crippen LogP contribution in [0.25, 0.3) is 22.6 Å². The molecule has 2 aromatic heterocycles. The average Bonchev–Trinajstić information content (AvgIpc) is 3.31. The minimum absolute atomic E-state index is 0.0579. The standard InChI is InChI=1S/C38H49FN5O/c1-5-44-33(32(45-6-2)21-43(44)4)30-13-29(14-31(39)22(30)3)34-40-35(37-15-23-7-24(16-37)9-25(8-23)17-37)42-36(41-34)38-18-26-10-27(19-38)12-28(11-26)20-38/h13-14,21,23-28H,5-12,15-20H2,1-4H3/q+1. The summed E-state index contributed by atoms with van der Waals surface area (Å²) >= 11 is 0. The quantitative estimate of drug-likeness (QED) is 0.258. The molecule has 238 valence electrons. The summed E-state index contributed by atoms with van der Waals surface area (Å²) in [6.07, 6.45) is 17.7. The van der Waals surface area contributed by atoms with Gasteiger partial charge in [0.05, 0.1) is 13.2 Å². The lowest BCUT2D eigenvalue weighted by molar-refractivity contribution is -0.752. The van der Waals surface area contributed by atoms with E-state index in [0.29, 0.717) is 18.0 Å². The van der Waals surface area contributed by atoms with Crippen LogP contribution in [0.1, 0.15) is 108 Å². The summed E-state index contributed by atoms with van der Waals surface area (Å²) in [5.41, 5.74) is 3.28. The maximum absolute atomic E-state index is 16.1. The highest BCUT2D eigenvalue weighted by molar-refractivity contribution is 5.75. The second kappa shape index (κ2) is 10.1. The van der Waals surface area contributed by atoms with Gasteiger partial charge in [0.15, 0.2) is 18.6 Å². The van der Waals surface area contributed by atoms with Gasteiger partial charge >= 0.3 is 0 Å². The van der Waals surface area contributed by atoms with Crippen molar-refractivity contribution in [3.8, 4) is 28.4 Å². The van der Waals surface area contributed by atoms with Crippen LogP contribution in [0.2, 0.25) is 0 Å². The third-order valence-electron chi connectivity index (χ3n) is 13.3. The monoisotopic (exact) mass is 610 g/mol. The number of aromatic nitrogens is 5. The molecule has 8 fully saturated rings. The van der Waals surface area contributed by atoms with E-state index in [0.717, 1.165) is 76.3 Å². The molecule has 0 radical (unpaired) electrons. The first-order valence-corrected chi connectivity index (χ1v) is 18.0. The predicted molar refractivity (Wildman–Crippen MR) is 171 cm³/mol. The van der Waals surface area contributed by atoms with Crippen molar-refractivity contribution in [2.24, 2.45) is 42.6 Å². The van der Waals surface area contributed by atoms with Crippen LogP contribution in [0.5, 0.6) is 5.75 Å². The van der Waals surface area contributed by atoms with Crippen molar-refractivity contribution in [3.63, 3.8) is 0 Å². The van der Waals surface area contributed by atoms with Gasteiger partial charge in [0.2, 0.25) is 11.9 Å². The molecule has 45 heavy (non-hydrogen) atoms. The first-order valence-electron chi connectivity index (χ1n) is 18.0. The Labute approximate surface area is 267 Å². The molecule has 8 bridgehead atoms. The Morgan fingerprint density at radius 2 is 1.29 bits per heavy atom. The molecule has 11 rings (SSSR count). The van der Waals surface area contributed by atoms with Crippen molar-refractivity contribution in [2.75, 3.05) is 6.61 Å². The molecule has 2 heterocycles. The molecule has 6 nitrogen and oxygen atoms in total. The van der Waals surface area contributed by atoms with Crippen LogP contribution in [0, 0.1) is 48.2 Å². The molecular formula is C38H49FN5O+. The van der Waals surface area contributed by atoms with E-state index in [2.05, 4.69) is 17.7 Å². The van der Waals surface area contributed by atoms with Crippen LogP contribution in [0.15, 0.2) is 18.3 Å². The van der Waals surface area contributed by atoms with Gasteiger partial charge in [-0.3, -0.25) is 0 Å². The van der Waals surface area contributed by atoms with E-state index >= 15 is 4.39 Å². The van der Waals surface area contributed by atoms with Crippen LogP contribution in [-0.2, 0) is 24.4 Å². The molecule has 0 spiro atoms. The lowest BCUT2D eigenvalue weighted by Crippen LogP contribution is -2.51. The van der Waals surface area contributed by atoms with Crippen molar-refractivity contribution >= 4 is 0 Å². The largest absolute Gasteiger partial charge is 0.486 e. The lowest BCUT2D eigenvalue weighted by Gasteiger charge is -2.57. The third kappa shape index (κ3) is 4.37. The Balaban J connectivity index is 1.23. The molecule has 3 aromatic rings. The fraction of sp³-hybridized carbons (Fsp3) is 0.684. The fourth-order valence-electron chi connectivity index (χ4n) is 12.3. The molecule has 8 aliphatic rings. The SMILES string of the molecule is CCOc1c[n+](C)n(CC)c1-c1cc(-c2nc(C34CC5CC(CC(C5)C3)C4)nc(C34CC5CC(CC(C5)C3)C4)n2)cc(F)c1C. The Kier molecular flexibility index (Phi) is 6.36. The lowest BCUT2D eigenvalue weighted by atomic mass is 9.49. The number of hydrogen-bond donors (Lipinski definition) is 0. The van der Waals surface area contributed by atoms with Gasteiger partial charge in [-0.1, -0.05) is 0 Å². The summed E-state index contributed by atoms with van der Waals surface area (Å²) in [6.45, 7) is 7.31. The van der Waals surface area contributed by atoms with E-state index < -0.39 is 0 Å². The molecule has 0 saturated heterocycles. The highest BCUT2D eigenvalue weighted by Gasteiger charge is 2.56. The minimum Gasteiger partial charge on any atom is -0.486 e. The van der Waals surface area contributed by atoms with Crippen molar-refractivity contribution in [1.82, 2.24) is 19.6 Å². The number of ether oxygens (including phenoxy) is 1. The maximum atomic E-state index is 16.1. The Hall–Kier alpha value is -2.83. The molecule has 0 amide bonds. The van der Waals surface area contributed by atoms with Gasteiger partial charge in [-0.2, -0.15) is 0 Å². The molecule has 8 aliphatic carbocycles. The molecular weight excluding hydrogens is 561 g/mol. The second-order valence-corrected chi connectivity index (χ2v) is 16.4. The summed E-state index contributed by atoms with van der Waals surface area (Å²) in [7, 11) is 2.02. The van der Waals surface area contributed by atoms with Crippen LogP contribution in [0.4, 0.5) is 4.39 Å². The summed E-state index contributed by atoms with van der Waals surface area (Å²) < 4.78 is 26.4. The maximum Gasteiger partial charge on any atom is 0.237 e. The van der Waals surface area contributed by atoms with Crippen LogP contribution >= 0.6 is 0 Å². The smallest absolute Gasteiger partial charge is 0.237 e. The van der Waals surface area contributed by atoms with Crippen molar-refractivity contribution in [2.45, 2.75) is 115 Å². The van der Waals surface area contributed by atoms with Gasteiger partial charge in [-0.15, -0.1) is 9.36 Å². The molecule has 1 aromatic carbocycles. The van der Waals surface area contributed by atoms with Gasteiger partial charge in [-0.05, 0) is 151 Å². The number of nitrogens with zero attached hydrogens (tertiary/aromatic N) is 5. The van der Waals surface area contributed by atoms with E-state index in [-0.39, 0.29) is 16.6 Å². The zero-order valence-corrected chi connectivity index (χ0v) is 27.6. The number of halogens is 1. The van der Waals surface area contributed by atoms with Gasteiger partial charge < -0.3 is 4.74 Å². The third-order valence-corrected chi connectivity index (χ3v) is 13.3. The predicted octanol–water partition coefficient (Wildman–Crippen LogP) is 7.63. The zero-order valence-electron chi connectivity index (χ0n) is 27.6. The molecule has 0 atom stereocenters. The van der Waals surface area contributed by atoms with E-state index in [1.54, 1.807) is 6.07 Å². The van der Waals surface area contributed by atoms with Gasteiger partial charge in [0.25, 0.3) is 0 Å². The van der Waals surface area contributed by atoms with E-state index in [1.807, 2.05) is 31.8 Å². The number of hydrogen-bond acceptors (Lipinski definition) is 4. The second-order valence-electron chi connectivity index (χ2n) is 16.4. The summed E-state index contributed by atoms with van der Waals surface area (Å²) in [6, 6.07) is 3.81. The van der Waals surface area contributed by atoms with Gasteiger partial charge in [-0.25, -0.2) is 19.3 Å². The first-order chi connectivity index (χ1) is 21.7. The topological polar surface area (TPSA) is 56.7 Å². The normalized spacial score (nSPS) is 35.8. The highest BCUT2D eigenvalue weighted by atomic mass is 19.1. The zero-order chi connectivity index (χ0) is 30.7. The van der Waals surface area contributed by atoms with Crippen molar-refractivity contribution in [1.29, 1.82) is 0 Å². The Bertz CT molecular complexity index is 1540. The number of rotatable bonds is 7. The summed E-state index contributed by atoms with van der Waals surface area (Å²) in [4.78, 5) is 16.4. The van der Waals surface area contributed by atoms with Crippen molar-refractivity contribution < 1.29 is 13.8 Å². The van der Waals surface area contributed by atoms with Crippen LogP contribution in [-0.4, -0.2) is 26.2 Å². The van der Waals surface area contributed by atoms with E-state index in [4.69, 9.17) is 19.7 Å². The average molecular weight is 611 g/mol. The molecule has 0 N–H and O–H groups in total. The molecule has 0 aliphatic heterocycles. The summed E-state index contributed by atoms with van der Waals surface area (Å²) in [5, 5.41) is 0. The van der Waals surface area contributed by atoms with Crippen molar-refractivity contribution in [3.05, 3.63) is 41.4 Å². The minimum atomic E-state index is -0.218.